The van der Waals surface area contributed by atoms with Gasteiger partial charge in [-0.15, -0.1) is 0 Å². The Morgan fingerprint density at radius 3 is 1.91 bits per heavy atom. The molecule has 9 nitrogen and oxygen atoms in total. The SMILES string of the molecule is Cc1ccc(S(=O)(=O)Nc2nc(=O)c(C)cn2[C@H]2C[C@H](O)[C@@H](COC(c3ccccc3)(c3ccccc3)c3ccccc3)O2)cc1. The van der Waals surface area contributed by atoms with Crippen LogP contribution in [0.1, 0.15) is 40.5 Å². The molecule has 2 N–H and O–H groups in total. The van der Waals surface area contributed by atoms with E-state index in [4.69, 9.17) is 9.47 Å². The summed E-state index contributed by atoms with van der Waals surface area (Å²) in [6.07, 6.45) is -0.948. The normalized spacial score (nSPS) is 18.4. The van der Waals surface area contributed by atoms with Crippen LogP contribution in [0.25, 0.3) is 0 Å². The molecule has 1 aromatic heterocycles. The highest BCUT2D eigenvalue weighted by Crippen LogP contribution is 2.42. The Hall–Kier alpha value is -4.61. The number of anilines is 1. The molecule has 0 saturated carbocycles. The fraction of sp³-hybridized carbons (Fsp3) is 0.222. The molecule has 5 aromatic rings. The minimum atomic E-state index is -4.08. The fourth-order valence-electron chi connectivity index (χ4n) is 5.77. The first-order valence-electron chi connectivity index (χ1n) is 15.0. The highest BCUT2D eigenvalue weighted by Gasteiger charge is 2.42. The van der Waals surface area contributed by atoms with Crippen LogP contribution in [0.3, 0.4) is 0 Å². The largest absolute Gasteiger partial charge is 0.390 e. The number of ether oxygens (including phenoxy) is 2. The van der Waals surface area contributed by atoms with Gasteiger partial charge in [-0.25, -0.2) is 13.1 Å². The van der Waals surface area contributed by atoms with Gasteiger partial charge < -0.3 is 14.6 Å². The van der Waals surface area contributed by atoms with Crippen molar-refractivity contribution < 1.29 is 23.0 Å². The molecule has 0 amide bonds. The topological polar surface area (TPSA) is 120 Å². The Morgan fingerprint density at radius 1 is 0.870 bits per heavy atom. The minimum Gasteiger partial charge on any atom is -0.390 e. The van der Waals surface area contributed by atoms with Gasteiger partial charge in [-0.05, 0) is 42.7 Å². The number of hydrogen-bond acceptors (Lipinski definition) is 7. The quantitative estimate of drug-likeness (QED) is 0.199. The van der Waals surface area contributed by atoms with Crippen molar-refractivity contribution in [1.29, 1.82) is 0 Å². The third kappa shape index (κ3) is 6.25. The summed E-state index contributed by atoms with van der Waals surface area (Å²) in [5.74, 6) is -0.206. The van der Waals surface area contributed by atoms with Crippen molar-refractivity contribution >= 4 is 16.0 Å². The van der Waals surface area contributed by atoms with Crippen LogP contribution in [0.2, 0.25) is 0 Å². The van der Waals surface area contributed by atoms with E-state index in [0.717, 1.165) is 22.3 Å². The lowest BCUT2D eigenvalue weighted by molar-refractivity contribution is -0.0935. The van der Waals surface area contributed by atoms with Crippen LogP contribution in [0.15, 0.2) is 131 Å². The van der Waals surface area contributed by atoms with Gasteiger partial charge in [0.1, 0.15) is 17.9 Å². The Kier molecular flexibility index (Phi) is 8.88. The first kappa shape index (κ1) is 31.4. The van der Waals surface area contributed by atoms with Gasteiger partial charge in [0.15, 0.2) is 0 Å². The highest BCUT2D eigenvalue weighted by atomic mass is 32.2. The molecule has 0 radical (unpaired) electrons. The molecule has 1 aliphatic heterocycles. The monoisotopic (exact) mass is 637 g/mol. The van der Waals surface area contributed by atoms with Gasteiger partial charge in [-0.3, -0.25) is 9.36 Å². The first-order chi connectivity index (χ1) is 22.2. The zero-order valence-electron chi connectivity index (χ0n) is 25.5. The molecule has 0 bridgehead atoms. The molecule has 0 spiro atoms. The number of aryl methyl sites for hydroxylation is 2. The summed E-state index contributed by atoms with van der Waals surface area (Å²) in [4.78, 5) is 16.6. The molecule has 1 fully saturated rings. The molecule has 0 aliphatic carbocycles. The van der Waals surface area contributed by atoms with Crippen molar-refractivity contribution in [3.63, 3.8) is 0 Å². The van der Waals surface area contributed by atoms with Crippen molar-refractivity contribution in [1.82, 2.24) is 9.55 Å². The van der Waals surface area contributed by atoms with Crippen LogP contribution in [0.5, 0.6) is 0 Å². The molecule has 4 aromatic carbocycles. The van der Waals surface area contributed by atoms with Crippen molar-refractivity contribution in [2.75, 3.05) is 11.3 Å². The molecular formula is C36H35N3O6S. The van der Waals surface area contributed by atoms with E-state index in [-0.39, 0.29) is 23.9 Å². The van der Waals surface area contributed by atoms with Gasteiger partial charge in [0, 0.05) is 18.2 Å². The molecule has 1 saturated heterocycles. The number of aliphatic hydroxyl groups excluding tert-OH is 1. The lowest BCUT2D eigenvalue weighted by Gasteiger charge is -2.37. The highest BCUT2D eigenvalue weighted by molar-refractivity contribution is 7.92. The lowest BCUT2D eigenvalue weighted by Crippen LogP contribution is -2.38. The maximum absolute atomic E-state index is 13.2. The lowest BCUT2D eigenvalue weighted by atomic mass is 9.80. The summed E-state index contributed by atoms with van der Waals surface area (Å²) in [7, 11) is -4.08. The molecule has 6 rings (SSSR count). The van der Waals surface area contributed by atoms with Crippen LogP contribution >= 0.6 is 0 Å². The average Bonchev–Trinajstić information content (AvgIpc) is 3.44. The maximum atomic E-state index is 13.2. The van der Waals surface area contributed by atoms with E-state index in [1.165, 1.54) is 22.9 Å². The van der Waals surface area contributed by atoms with Gasteiger partial charge in [0.25, 0.3) is 15.6 Å². The van der Waals surface area contributed by atoms with Crippen molar-refractivity contribution in [3.8, 4) is 0 Å². The Labute approximate surface area is 268 Å². The fourth-order valence-corrected chi connectivity index (χ4v) is 6.77. The number of sulfonamides is 1. The van der Waals surface area contributed by atoms with E-state index in [0.29, 0.717) is 5.56 Å². The van der Waals surface area contributed by atoms with E-state index < -0.39 is 39.6 Å². The smallest absolute Gasteiger partial charge is 0.277 e. The van der Waals surface area contributed by atoms with Crippen LogP contribution in [-0.2, 0) is 25.1 Å². The van der Waals surface area contributed by atoms with Gasteiger partial charge in [0.05, 0.1) is 17.6 Å². The molecule has 2 heterocycles. The number of rotatable bonds is 10. The third-order valence-electron chi connectivity index (χ3n) is 8.20. The summed E-state index contributed by atoms with van der Waals surface area (Å²) < 4.78 is 43.6. The number of hydrogen-bond donors (Lipinski definition) is 2. The van der Waals surface area contributed by atoms with Gasteiger partial charge in [-0.1, -0.05) is 109 Å². The number of benzene rings is 4. The van der Waals surface area contributed by atoms with E-state index >= 15 is 0 Å². The predicted octanol–water partition coefficient (Wildman–Crippen LogP) is 5.32. The molecule has 46 heavy (non-hydrogen) atoms. The van der Waals surface area contributed by atoms with Gasteiger partial charge >= 0.3 is 0 Å². The van der Waals surface area contributed by atoms with E-state index in [1.807, 2.05) is 97.9 Å². The van der Waals surface area contributed by atoms with Crippen molar-refractivity contribution in [3.05, 3.63) is 160 Å². The zero-order valence-corrected chi connectivity index (χ0v) is 26.3. The summed E-state index contributed by atoms with van der Waals surface area (Å²) in [5.41, 5.74) is 2.33. The van der Waals surface area contributed by atoms with E-state index in [1.54, 1.807) is 19.1 Å². The minimum absolute atomic E-state index is 0.00733. The van der Waals surface area contributed by atoms with Crippen molar-refractivity contribution in [2.45, 2.75) is 49.2 Å². The van der Waals surface area contributed by atoms with Gasteiger partial charge in [0.2, 0.25) is 5.95 Å². The second-order valence-electron chi connectivity index (χ2n) is 11.4. The maximum Gasteiger partial charge on any atom is 0.277 e. The second kappa shape index (κ2) is 13.0. The average molecular weight is 638 g/mol. The zero-order chi connectivity index (χ0) is 32.3. The van der Waals surface area contributed by atoms with Crippen LogP contribution in [0, 0.1) is 13.8 Å². The molecular weight excluding hydrogens is 602 g/mol. The first-order valence-corrected chi connectivity index (χ1v) is 16.5. The number of aliphatic hydroxyl groups is 1. The van der Waals surface area contributed by atoms with Crippen molar-refractivity contribution in [2.24, 2.45) is 0 Å². The Balaban J connectivity index is 1.32. The molecule has 0 unspecified atom stereocenters. The van der Waals surface area contributed by atoms with Crippen LogP contribution < -0.4 is 10.3 Å². The molecule has 10 heteroatoms. The predicted molar refractivity (Wildman–Crippen MR) is 175 cm³/mol. The van der Waals surface area contributed by atoms with Crippen LogP contribution in [-0.4, -0.2) is 41.9 Å². The van der Waals surface area contributed by atoms with Crippen LogP contribution in [0.4, 0.5) is 5.95 Å². The molecule has 236 valence electrons. The Bertz CT molecular complexity index is 1850. The number of aromatic nitrogens is 2. The van der Waals surface area contributed by atoms with Gasteiger partial charge in [-0.2, -0.15) is 4.98 Å². The summed E-state index contributed by atoms with van der Waals surface area (Å²) in [6, 6.07) is 36.0. The van der Waals surface area contributed by atoms with E-state index in [2.05, 4.69) is 9.71 Å². The molecule has 3 atom stereocenters. The third-order valence-corrected chi connectivity index (χ3v) is 9.54. The number of nitrogens with zero attached hydrogens (tertiary/aromatic N) is 2. The summed E-state index contributed by atoms with van der Waals surface area (Å²) in [6.45, 7) is 3.45. The standard InChI is InChI=1S/C36H35N3O6S/c1-25-18-20-30(21-19-25)46(42,43)38-35-37-34(41)26(2)23-39(35)33-22-31(40)32(45-33)24-44-36(27-12-6-3-7-13-27,28-14-8-4-9-15-28)29-16-10-5-11-17-29/h3-21,23,31-33,40H,22,24H2,1-2H3,(H,37,38,41)/t31-,32+,33+/m0/s1. The Morgan fingerprint density at radius 2 is 1.39 bits per heavy atom. The number of nitrogens with one attached hydrogen (secondary N) is 1. The van der Waals surface area contributed by atoms with E-state index in [9.17, 15) is 18.3 Å². The second-order valence-corrected chi connectivity index (χ2v) is 13.1. The summed E-state index contributed by atoms with van der Waals surface area (Å²) in [5, 5.41) is 11.2. The molecule has 1 aliphatic rings. The summed E-state index contributed by atoms with van der Waals surface area (Å²) >= 11 is 0.